The first kappa shape index (κ1) is 24.2. The number of amides is 1. The number of halogens is 3. The number of anilines is 1. The number of rotatable bonds is 7. The van der Waals surface area contributed by atoms with Crippen LogP contribution in [-0.4, -0.2) is 49.7 Å². The smallest absolute Gasteiger partial charge is 0.325 e. The number of carbonyl (C=O) groups excluding carboxylic acids is 1. The Morgan fingerprint density at radius 2 is 1.62 bits per heavy atom. The van der Waals surface area contributed by atoms with Crippen LogP contribution >= 0.6 is 0 Å². The van der Waals surface area contributed by atoms with Crippen LogP contribution in [0.3, 0.4) is 0 Å². The van der Waals surface area contributed by atoms with E-state index in [4.69, 9.17) is 0 Å². The molecular formula is C22H26F3N3O3S. The summed E-state index contributed by atoms with van der Waals surface area (Å²) in [7, 11) is -1.82. The number of nitrogens with one attached hydrogen (secondary N) is 1. The highest BCUT2D eigenvalue weighted by molar-refractivity contribution is 7.89. The minimum absolute atomic E-state index is 0.185. The van der Waals surface area contributed by atoms with Crippen molar-refractivity contribution < 1.29 is 26.4 Å². The molecule has 1 N–H and O–H groups in total. The van der Waals surface area contributed by atoms with Crippen LogP contribution < -0.4 is 5.32 Å². The Labute approximate surface area is 186 Å². The molecule has 10 heteroatoms. The zero-order chi connectivity index (χ0) is 23.5. The van der Waals surface area contributed by atoms with E-state index in [2.05, 4.69) is 5.32 Å². The minimum atomic E-state index is -4.39. The summed E-state index contributed by atoms with van der Waals surface area (Å²) in [6, 6.07) is 10.3. The van der Waals surface area contributed by atoms with E-state index >= 15 is 0 Å². The van der Waals surface area contributed by atoms with Gasteiger partial charge in [0.25, 0.3) is 0 Å². The van der Waals surface area contributed by atoms with Crippen LogP contribution in [0.25, 0.3) is 0 Å². The van der Waals surface area contributed by atoms with Crippen molar-refractivity contribution >= 4 is 21.6 Å². The molecule has 2 aromatic carbocycles. The van der Waals surface area contributed by atoms with Crippen LogP contribution in [0.5, 0.6) is 0 Å². The maximum atomic E-state index is 12.7. The first-order chi connectivity index (χ1) is 15.0. The number of carbonyl (C=O) groups is 1. The van der Waals surface area contributed by atoms with E-state index in [0.29, 0.717) is 30.9 Å². The van der Waals surface area contributed by atoms with Crippen LogP contribution in [0.1, 0.15) is 30.9 Å². The molecule has 6 nitrogen and oxygen atoms in total. The number of benzene rings is 2. The highest BCUT2D eigenvalue weighted by atomic mass is 32.2. The average Bonchev–Trinajstić information content (AvgIpc) is 3.29. The number of likely N-dealkylation sites (N-methyl/N-ethyl adjacent to an activating group) is 1. The lowest BCUT2D eigenvalue weighted by molar-refractivity contribution is -0.137. The maximum absolute atomic E-state index is 12.7. The van der Waals surface area contributed by atoms with E-state index in [1.807, 2.05) is 0 Å². The van der Waals surface area contributed by atoms with Crippen molar-refractivity contribution in [2.24, 2.45) is 0 Å². The van der Waals surface area contributed by atoms with E-state index in [1.165, 1.54) is 28.6 Å². The monoisotopic (exact) mass is 469 g/mol. The molecule has 2 aromatic rings. The molecule has 1 aliphatic rings. The number of nitrogens with zero attached hydrogens (tertiary/aromatic N) is 2. The van der Waals surface area contributed by atoms with Gasteiger partial charge in [-0.3, -0.25) is 9.69 Å². The van der Waals surface area contributed by atoms with Crippen molar-refractivity contribution in [1.82, 2.24) is 9.21 Å². The summed E-state index contributed by atoms with van der Waals surface area (Å²) in [5, 5.41) is 2.75. The number of hydrogen-bond acceptors (Lipinski definition) is 4. The third-order valence-corrected chi connectivity index (χ3v) is 7.49. The van der Waals surface area contributed by atoms with Gasteiger partial charge in [-0.25, -0.2) is 8.42 Å². The Bertz CT molecular complexity index is 1030. The van der Waals surface area contributed by atoms with Gasteiger partial charge in [0.05, 0.1) is 16.5 Å². The molecule has 1 atom stereocenters. The summed E-state index contributed by atoms with van der Waals surface area (Å²) in [6.07, 6.45) is -2.68. The van der Waals surface area contributed by atoms with Crippen molar-refractivity contribution in [2.45, 2.75) is 43.4 Å². The SMILES string of the molecule is CC(C(=O)Nc1ccc(S(=O)(=O)N2CCCC2)cc1)N(C)Cc1ccc(C(F)(F)F)cc1. The first-order valence-corrected chi connectivity index (χ1v) is 11.7. The van der Waals surface area contributed by atoms with Crippen molar-refractivity contribution in [3.05, 3.63) is 59.7 Å². The summed E-state index contributed by atoms with van der Waals surface area (Å²) >= 11 is 0. The molecule has 0 saturated carbocycles. The van der Waals surface area contributed by atoms with Gasteiger partial charge in [0, 0.05) is 25.3 Å². The normalized spacial score (nSPS) is 16.3. The lowest BCUT2D eigenvalue weighted by atomic mass is 10.1. The minimum Gasteiger partial charge on any atom is -0.325 e. The average molecular weight is 470 g/mol. The van der Waals surface area contributed by atoms with Gasteiger partial charge in [0.2, 0.25) is 15.9 Å². The van der Waals surface area contributed by atoms with Crippen LogP contribution in [0.4, 0.5) is 18.9 Å². The van der Waals surface area contributed by atoms with Crippen molar-refractivity contribution in [3.63, 3.8) is 0 Å². The van der Waals surface area contributed by atoms with Gasteiger partial charge in [-0.15, -0.1) is 0 Å². The predicted octanol–water partition coefficient (Wildman–Crippen LogP) is 3.95. The van der Waals surface area contributed by atoms with Gasteiger partial charge < -0.3 is 5.32 Å². The van der Waals surface area contributed by atoms with Gasteiger partial charge in [0.15, 0.2) is 0 Å². The van der Waals surface area contributed by atoms with Crippen LogP contribution in [0.15, 0.2) is 53.4 Å². The van der Waals surface area contributed by atoms with Crippen molar-refractivity contribution in [2.75, 3.05) is 25.5 Å². The summed E-state index contributed by atoms with van der Waals surface area (Å²) in [5.41, 5.74) is 0.395. The molecule has 1 unspecified atom stereocenters. The van der Waals surface area contributed by atoms with Crippen LogP contribution in [0, 0.1) is 0 Å². The molecule has 1 heterocycles. The largest absolute Gasteiger partial charge is 0.416 e. The molecule has 0 aromatic heterocycles. The fourth-order valence-electron chi connectivity index (χ4n) is 3.46. The maximum Gasteiger partial charge on any atom is 0.416 e. The predicted molar refractivity (Wildman–Crippen MR) is 115 cm³/mol. The van der Waals surface area contributed by atoms with E-state index in [0.717, 1.165) is 25.0 Å². The quantitative estimate of drug-likeness (QED) is 0.667. The molecule has 1 aliphatic heterocycles. The Morgan fingerprint density at radius 3 is 2.16 bits per heavy atom. The summed E-state index contributed by atoms with van der Waals surface area (Å²) in [6.45, 7) is 3.01. The summed E-state index contributed by atoms with van der Waals surface area (Å²) in [5.74, 6) is -0.311. The molecule has 174 valence electrons. The molecule has 0 radical (unpaired) electrons. The topological polar surface area (TPSA) is 69.7 Å². The van der Waals surface area contributed by atoms with Gasteiger partial charge in [-0.2, -0.15) is 17.5 Å². The number of alkyl halides is 3. The Balaban J connectivity index is 1.58. The van der Waals surface area contributed by atoms with Crippen LogP contribution in [0.2, 0.25) is 0 Å². The van der Waals surface area contributed by atoms with E-state index in [-0.39, 0.29) is 10.8 Å². The van der Waals surface area contributed by atoms with Gasteiger partial charge in [-0.05, 0) is 68.8 Å². The van der Waals surface area contributed by atoms with Crippen molar-refractivity contribution in [1.29, 1.82) is 0 Å². The Kier molecular flexibility index (Phi) is 7.26. The van der Waals surface area contributed by atoms with E-state index in [1.54, 1.807) is 31.0 Å². The zero-order valence-electron chi connectivity index (χ0n) is 17.9. The lowest BCUT2D eigenvalue weighted by Crippen LogP contribution is -2.39. The molecule has 0 bridgehead atoms. The third-order valence-electron chi connectivity index (χ3n) is 5.58. The number of hydrogen-bond donors (Lipinski definition) is 1. The van der Waals surface area contributed by atoms with E-state index < -0.39 is 27.8 Å². The molecule has 0 aliphatic carbocycles. The zero-order valence-corrected chi connectivity index (χ0v) is 18.7. The van der Waals surface area contributed by atoms with Gasteiger partial charge >= 0.3 is 6.18 Å². The third kappa shape index (κ3) is 5.67. The molecule has 32 heavy (non-hydrogen) atoms. The second kappa shape index (κ2) is 9.60. The first-order valence-electron chi connectivity index (χ1n) is 10.3. The fraction of sp³-hybridized carbons (Fsp3) is 0.409. The van der Waals surface area contributed by atoms with E-state index in [9.17, 15) is 26.4 Å². The summed E-state index contributed by atoms with van der Waals surface area (Å²) in [4.78, 5) is 14.5. The molecule has 1 fully saturated rings. The number of sulfonamides is 1. The molecule has 3 rings (SSSR count). The molecular weight excluding hydrogens is 443 g/mol. The second-order valence-corrected chi connectivity index (χ2v) is 9.85. The Hall–Kier alpha value is -2.43. The standard InChI is InChI=1S/C22H26F3N3O3S/c1-16(27(2)15-17-5-7-18(8-6-17)22(23,24)25)21(29)26-19-9-11-20(12-10-19)32(30,31)28-13-3-4-14-28/h5-12,16H,3-4,13-15H2,1-2H3,(H,26,29). The second-order valence-electron chi connectivity index (χ2n) is 7.91. The molecule has 0 spiro atoms. The Morgan fingerprint density at radius 1 is 1.06 bits per heavy atom. The highest BCUT2D eigenvalue weighted by Crippen LogP contribution is 2.29. The van der Waals surface area contributed by atoms with Gasteiger partial charge in [-0.1, -0.05) is 12.1 Å². The highest BCUT2D eigenvalue weighted by Gasteiger charge is 2.30. The lowest BCUT2D eigenvalue weighted by Gasteiger charge is -2.24. The van der Waals surface area contributed by atoms with Crippen molar-refractivity contribution in [3.8, 4) is 0 Å². The fourth-order valence-corrected chi connectivity index (χ4v) is 4.98. The summed E-state index contributed by atoms with van der Waals surface area (Å²) < 4.78 is 64.7. The molecule has 1 amide bonds. The molecule has 1 saturated heterocycles. The van der Waals surface area contributed by atoms with Crippen LogP contribution in [-0.2, 0) is 27.5 Å². The van der Waals surface area contributed by atoms with Gasteiger partial charge in [0.1, 0.15) is 0 Å².